The smallest absolute Gasteiger partial charge is 0.0907 e. The quantitative estimate of drug-likeness (QED) is 0.866. The van der Waals surface area contributed by atoms with E-state index in [1.165, 1.54) is 36.1 Å². The van der Waals surface area contributed by atoms with E-state index in [4.69, 9.17) is 0 Å². The fourth-order valence-electron chi connectivity index (χ4n) is 2.95. The molecular formula is C16H22N2S. The SMILES string of the molecule is Cc1nc2ccc(NCC3CCC(C)CC3)cc2s1. The number of thiazole rings is 1. The van der Waals surface area contributed by atoms with Gasteiger partial charge in [0, 0.05) is 12.2 Å². The fourth-order valence-corrected chi connectivity index (χ4v) is 3.81. The summed E-state index contributed by atoms with van der Waals surface area (Å²) >= 11 is 1.78. The van der Waals surface area contributed by atoms with Crippen molar-refractivity contribution in [3.05, 3.63) is 23.2 Å². The lowest BCUT2D eigenvalue weighted by Crippen LogP contribution is -2.20. The number of anilines is 1. The molecule has 1 heterocycles. The van der Waals surface area contributed by atoms with Gasteiger partial charge in [-0.2, -0.15) is 0 Å². The Morgan fingerprint density at radius 1 is 1.26 bits per heavy atom. The van der Waals surface area contributed by atoms with Gasteiger partial charge < -0.3 is 5.32 Å². The molecule has 1 saturated carbocycles. The van der Waals surface area contributed by atoms with Crippen LogP contribution < -0.4 is 5.32 Å². The molecule has 0 amide bonds. The first-order chi connectivity index (χ1) is 9.20. The van der Waals surface area contributed by atoms with Gasteiger partial charge in [-0.05, 0) is 49.8 Å². The molecule has 0 bridgehead atoms. The van der Waals surface area contributed by atoms with E-state index in [0.29, 0.717) is 0 Å². The molecule has 0 unspecified atom stereocenters. The van der Waals surface area contributed by atoms with Crippen LogP contribution in [0.4, 0.5) is 5.69 Å². The van der Waals surface area contributed by atoms with E-state index in [9.17, 15) is 0 Å². The second-order valence-corrected chi connectivity index (χ2v) is 7.16. The van der Waals surface area contributed by atoms with Crippen molar-refractivity contribution in [2.45, 2.75) is 39.5 Å². The van der Waals surface area contributed by atoms with Gasteiger partial charge in [-0.25, -0.2) is 4.98 Å². The molecule has 3 heteroatoms. The Bertz CT molecular complexity index is 553. The first-order valence-electron chi connectivity index (χ1n) is 7.32. The number of aryl methyl sites for hydroxylation is 1. The average molecular weight is 274 g/mol. The Morgan fingerprint density at radius 2 is 2.05 bits per heavy atom. The van der Waals surface area contributed by atoms with E-state index >= 15 is 0 Å². The van der Waals surface area contributed by atoms with Crippen molar-refractivity contribution in [2.24, 2.45) is 11.8 Å². The average Bonchev–Trinajstić information content (AvgIpc) is 2.77. The highest BCUT2D eigenvalue weighted by atomic mass is 32.1. The van der Waals surface area contributed by atoms with Gasteiger partial charge in [-0.1, -0.05) is 19.8 Å². The first-order valence-corrected chi connectivity index (χ1v) is 8.13. The van der Waals surface area contributed by atoms with Crippen molar-refractivity contribution in [3.8, 4) is 0 Å². The molecule has 1 aliphatic carbocycles. The molecule has 1 N–H and O–H groups in total. The standard InChI is InChI=1S/C16H22N2S/c1-11-3-5-13(6-4-11)10-17-14-7-8-15-16(9-14)19-12(2)18-15/h7-9,11,13,17H,3-6,10H2,1-2H3. The second-order valence-electron chi connectivity index (χ2n) is 5.92. The normalized spacial score (nSPS) is 23.7. The number of fused-ring (bicyclic) bond motifs is 1. The highest BCUT2D eigenvalue weighted by Crippen LogP contribution is 2.29. The summed E-state index contributed by atoms with van der Waals surface area (Å²) in [5, 5.41) is 4.76. The van der Waals surface area contributed by atoms with Gasteiger partial charge in [0.15, 0.2) is 0 Å². The first kappa shape index (κ1) is 12.9. The molecule has 1 aromatic heterocycles. The van der Waals surface area contributed by atoms with E-state index < -0.39 is 0 Å². The number of benzene rings is 1. The van der Waals surface area contributed by atoms with Crippen LogP contribution in [0.2, 0.25) is 0 Å². The van der Waals surface area contributed by atoms with Crippen molar-refractivity contribution in [2.75, 3.05) is 11.9 Å². The van der Waals surface area contributed by atoms with E-state index in [2.05, 4.69) is 42.3 Å². The Hall–Kier alpha value is -1.09. The molecule has 19 heavy (non-hydrogen) atoms. The summed E-state index contributed by atoms with van der Waals surface area (Å²) in [4.78, 5) is 4.50. The minimum atomic E-state index is 0.857. The van der Waals surface area contributed by atoms with Gasteiger partial charge >= 0.3 is 0 Å². The number of nitrogens with zero attached hydrogens (tertiary/aromatic N) is 1. The molecule has 102 valence electrons. The Labute approximate surface area is 119 Å². The number of aromatic nitrogens is 1. The summed E-state index contributed by atoms with van der Waals surface area (Å²) in [5.41, 5.74) is 2.37. The highest BCUT2D eigenvalue weighted by molar-refractivity contribution is 7.18. The van der Waals surface area contributed by atoms with Crippen molar-refractivity contribution in [3.63, 3.8) is 0 Å². The molecule has 1 aliphatic rings. The second kappa shape index (κ2) is 5.49. The van der Waals surface area contributed by atoms with Crippen LogP contribution in [0.25, 0.3) is 10.2 Å². The van der Waals surface area contributed by atoms with E-state index in [1.807, 2.05) is 0 Å². The lowest BCUT2D eigenvalue weighted by molar-refractivity contribution is 0.300. The predicted octanol–water partition coefficient (Wildman–Crippen LogP) is 4.84. The number of hydrogen-bond donors (Lipinski definition) is 1. The molecule has 1 fully saturated rings. The highest BCUT2D eigenvalue weighted by Gasteiger charge is 2.17. The van der Waals surface area contributed by atoms with Crippen LogP contribution in [0.1, 0.15) is 37.6 Å². The van der Waals surface area contributed by atoms with E-state index in [1.54, 1.807) is 11.3 Å². The maximum atomic E-state index is 4.50. The van der Waals surface area contributed by atoms with Crippen molar-refractivity contribution >= 4 is 27.2 Å². The third-order valence-electron chi connectivity index (χ3n) is 4.23. The molecule has 0 atom stereocenters. The number of rotatable bonds is 3. The van der Waals surface area contributed by atoms with Crippen LogP contribution >= 0.6 is 11.3 Å². The van der Waals surface area contributed by atoms with E-state index in [-0.39, 0.29) is 0 Å². The molecule has 0 saturated heterocycles. The van der Waals surface area contributed by atoms with Crippen LogP contribution in [0, 0.1) is 18.8 Å². The number of hydrogen-bond acceptors (Lipinski definition) is 3. The van der Waals surface area contributed by atoms with Gasteiger partial charge in [0.25, 0.3) is 0 Å². The van der Waals surface area contributed by atoms with Crippen LogP contribution in [0.5, 0.6) is 0 Å². The maximum absolute atomic E-state index is 4.50. The largest absolute Gasteiger partial charge is 0.385 e. The van der Waals surface area contributed by atoms with Gasteiger partial charge in [0.05, 0.1) is 15.2 Å². The monoisotopic (exact) mass is 274 g/mol. The zero-order chi connectivity index (χ0) is 13.2. The molecule has 3 rings (SSSR count). The van der Waals surface area contributed by atoms with Gasteiger partial charge in [-0.3, -0.25) is 0 Å². The molecule has 0 radical (unpaired) electrons. The molecule has 0 aliphatic heterocycles. The molecule has 0 spiro atoms. The van der Waals surface area contributed by atoms with Crippen molar-refractivity contribution in [1.29, 1.82) is 0 Å². The maximum Gasteiger partial charge on any atom is 0.0907 e. The third-order valence-corrected chi connectivity index (χ3v) is 5.16. The molecule has 2 aromatic rings. The Kier molecular flexibility index (Phi) is 3.74. The van der Waals surface area contributed by atoms with Crippen LogP contribution in [0.3, 0.4) is 0 Å². The zero-order valence-electron chi connectivity index (χ0n) is 11.8. The summed E-state index contributed by atoms with van der Waals surface area (Å²) in [6.45, 7) is 5.57. The lowest BCUT2D eigenvalue weighted by Gasteiger charge is -2.26. The third kappa shape index (κ3) is 3.08. The number of nitrogens with one attached hydrogen (secondary N) is 1. The summed E-state index contributed by atoms with van der Waals surface area (Å²) in [7, 11) is 0. The van der Waals surface area contributed by atoms with Crippen LogP contribution in [-0.2, 0) is 0 Å². The lowest BCUT2D eigenvalue weighted by atomic mass is 9.83. The van der Waals surface area contributed by atoms with Crippen LogP contribution in [-0.4, -0.2) is 11.5 Å². The van der Waals surface area contributed by atoms with Crippen molar-refractivity contribution in [1.82, 2.24) is 4.98 Å². The van der Waals surface area contributed by atoms with Crippen molar-refractivity contribution < 1.29 is 0 Å². The van der Waals surface area contributed by atoms with Crippen LogP contribution in [0.15, 0.2) is 18.2 Å². The fraction of sp³-hybridized carbons (Fsp3) is 0.562. The Balaban J connectivity index is 1.61. The molecular weight excluding hydrogens is 252 g/mol. The molecule has 1 aromatic carbocycles. The van der Waals surface area contributed by atoms with Gasteiger partial charge in [-0.15, -0.1) is 11.3 Å². The summed E-state index contributed by atoms with van der Waals surface area (Å²) in [6, 6.07) is 6.53. The Morgan fingerprint density at radius 3 is 2.84 bits per heavy atom. The van der Waals surface area contributed by atoms with Gasteiger partial charge in [0.2, 0.25) is 0 Å². The van der Waals surface area contributed by atoms with E-state index in [0.717, 1.165) is 28.9 Å². The van der Waals surface area contributed by atoms with Gasteiger partial charge in [0.1, 0.15) is 0 Å². The predicted molar refractivity (Wildman–Crippen MR) is 84.0 cm³/mol. The molecule has 2 nitrogen and oxygen atoms in total. The summed E-state index contributed by atoms with van der Waals surface area (Å²) in [5.74, 6) is 1.79. The topological polar surface area (TPSA) is 24.9 Å². The summed E-state index contributed by atoms with van der Waals surface area (Å²) in [6.07, 6.45) is 5.57. The summed E-state index contributed by atoms with van der Waals surface area (Å²) < 4.78 is 1.29. The minimum absolute atomic E-state index is 0.857. The zero-order valence-corrected chi connectivity index (χ0v) is 12.6. The minimum Gasteiger partial charge on any atom is -0.385 e.